The highest BCUT2D eigenvalue weighted by atomic mass is 16.7. The van der Waals surface area contributed by atoms with Crippen molar-refractivity contribution in [1.82, 2.24) is 0 Å². The largest absolute Gasteiger partial charge is 0.513 e. The van der Waals surface area contributed by atoms with Gasteiger partial charge in [0.25, 0.3) is 0 Å². The SMILES string of the molecule is C=COC(=O)OC(C)CCC. The first-order chi connectivity index (χ1) is 5.20. The molecule has 0 amide bonds. The normalized spacial score (nSPS) is 11.8. The number of carbonyl (C=O) groups excluding carboxylic acids is 1. The highest BCUT2D eigenvalue weighted by Gasteiger charge is 2.07. The van der Waals surface area contributed by atoms with Gasteiger partial charge in [-0.05, 0) is 13.3 Å². The van der Waals surface area contributed by atoms with Crippen molar-refractivity contribution in [2.75, 3.05) is 0 Å². The number of ether oxygens (including phenoxy) is 2. The molecular weight excluding hydrogens is 144 g/mol. The first-order valence-electron chi connectivity index (χ1n) is 3.68. The quantitative estimate of drug-likeness (QED) is 0.465. The Balaban J connectivity index is 3.48. The molecule has 64 valence electrons. The standard InChI is InChI=1S/C8H14O3/c1-4-6-7(3)11-8(9)10-5-2/h5,7H,2,4,6H2,1,3H3. The van der Waals surface area contributed by atoms with E-state index in [9.17, 15) is 4.79 Å². The summed E-state index contributed by atoms with van der Waals surface area (Å²) in [6.07, 6.45) is 2.14. The molecule has 0 aliphatic heterocycles. The van der Waals surface area contributed by atoms with Crippen molar-refractivity contribution in [3.8, 4) is 0 Å². The van der Waals surface area contributed by atoms with Crippen LogP contribution in [0.3, 0.4) is 0 Å². The molecular formula is C8H14O3. The Hall–Kier alpha value is -0.990. The van der Waals surface area contributed by atoms with Gasteiger partial charge in [-0.2, -0.15) is 0 Å². The van der Waals surface area contributed by atoms with Crippen LogP contribution >= 0.6 is 0 Å². The molecule has 0 spiro atoms. The van der Waals surface area contributed by atoms with Crippen LogP contribution in [0.25, 0.3) is 0 Å². The van der Waals surface area contributed by atoms with E-state index in [1.54, 1.807) is 0 Å². The van der Waals surface area contributed by atoms with E-state index in [-0.39, 0.29) is 6.10 Å². The van der Waals surface area contributed by atoms with Gasteiger partial charge in [0.05, 0.1) is 6.26 Å². The third-order valence-corrected chi connectivity index (χ3v) is 1.17. The van der Waals surface area contributed by atoms with Crippen LogP contribution in [0.1, 0.15) is 26.7 Å². The van der Waals surface area contributed by atoms with E-state index in [4.69, 9.17) is 4.74 Å². The monoisotopic (exact) mass is 158 g/mol. The summed E-state index contributed by atoms with van der Waals surface area (Å²) in [7, 11) is 0. The van der Waals surface area contributed by atoms with E-state index in [2.05, 4.69) is 11.3 Å². The van der Waals surface area contributed by atoms with Crippen LogP contribution in [0.15, 0.2) is 12.8 Å². The lowest BCUT2D eigenvalue weighted by Crippen LogP contribution is -2.13. The smallest absolute Gasteiger partial charge is 0.431 e. The zero-order valence-corrected chi connectivity index (χ0v) is 7.00. The number of carbonyl (C=O) groups is 1. The predicted molar refractivity (Wildman–Crippen MR) is 42.1 cm³/mol. The van der Waals surface area contributed by atoms with Gasteiger partial charge in [0.1, 0.15) is 6.10 Å². The molecule has 0 saturated heterocycles. The maximum atomic E-state index is 10.6. The van der Waals surface area contributed by atoms with Crippen LogP contribution in [0, 0.1) is 0 Å². The van der Waals surface area contributed by atoms with Gasteiger partial charge in [0, 0.05) is 0 Å². The lowest BCUT2D eigenvalue weighted by Gasteiger charge is -2.09. The average Bonchev–Trinajstić information content (AvgIpc) is 1.87. The van der Waals surface area contributed by atoms with Crippen molar-refractivity contribution < 1.29 is 14.3 Å². The highest BCUT2D eigenvalue weighted by Crippen LogP contribution is 2.01. The van der Waals surface area contributed by atoms with Crippen molar-refractivity contribution in [3.05, 3.63) is 12.8 Å². The van der Waals surface area contributed by atoms with Crippen molar-refractivity contribution in [2.24, 2.45) is 0 Å². The van der Waals surface area contributed by atoms with Crippen LogP contribution in [-0.2, 0) is 9.47 Å². The molecule has 0 bridgehead atoms. The molecule has 0 radical (unpaired) electrons. The Morgan fingerprint density at radius 1 is 1.73 bits per heavy atom. The van der Waals surface area contributed by atoms with Gasteiger partial charge >= 0.3 is 6.16 Å². The molecule has 0 heterocycles. The van der Waals surface area contributed by atoms with Crippen molar-refractivity contribution in [3.63, 3.8) is 0 Å². The van der Waals surface area contributed by atoms with Gasteiger partial charge in [-0.3, -0.25) is 0 Å². The van der Waals surface area contributed by atoms with E-state index in [0.717, 1.165) is 19.1 Å². The van der Waals surface area contributed by atoms with Gasteiger partial charge in [0.2, 0.25) is 0 Å². The van der Waals surface area contributed by atoms with Gasteiger partial charge in [-0.25, -0.2) is 4.79 Å². The minimum absolute atomic E-state index is 0.0764. The lowest BCUT2D eigenvalue weighted by molar-refractivity contribution is 0.0504. The fourth-order valence-electron chi connectivity index (χ4n) is 0.726. The van der Waals surface area contributed by atoms with Crippen molar-refractivity contribution in [1.29, 1.82) is 0 Å². The Bertz CT molecular complexity index is 131. The van der Waals surface area contributed by atoms with Crippen LogP contribution in [0.2, 0.25) is 0 Å². The summed E-state index contributed by atoms with van der Waals surface area (Å²) in [5.74, 6) is 0. The van der Waals surface area contributed by atoms with Gasteiger partial charge < -0.3 is 9.47 Å². The van der Waals surface area contributed by atoms with E-state index in [1.807, 2.05) is 13.8 Å². The van der Waals surface area contributed by atoms with Crippen LogP contribution in [0.4, 0.5) is 4.79 Å². The summed E-state index contributed by atoms with van der Waals surface area (Å²) in [6.45, 7) is 7.08. The molecule has 1 atom stereocenters. The first kappa shape index (κ1) is 10.0. The molecule has 0 rings (SSSR count). The van der Waals surface area contributed by atoms with Crippen LogP contribution in [-0.4, -0.2) is 12.3 Å². The number of rotatable bonds is 4. The van der Waals surface area contributed by atoms with E-state index in [1.165, 1.54) is 0 Å². The van der Waals surface area contributed by atoms with Gasteiger partial charge in [-0.1, -0.05) is 19.9 Å². The molecule has 0 aliphatic carbocycles. The second-order valence-corrected chi connectivity index (χ2v) is 2.25. The number of hydrogen-bond acceptors (Lipinski definition) is 3. The summed E-state index contributed by atoms with van der Waals surface area (Å²) in [5.41, 5.74) is 0. The summed E-state index contributed by atoms with van der Waals surface area (Å²) in [6, 6.07) is 0. The van der Waals surface area contributed by atoms with Gasteiger partial charge in [-0.15, -0.1) is 0 Å². The molecule has 11 heavy (non-hydrogen) atoms. The fourth-order valence-corrected chi connectivity index (χ4v) is 0.726. The van der Waals surface area contributed by atoms with Crippen molar-refractivity contribution >= 4 is 6.16 Å². The minimum Gasteiger partial charge on any atom is -0.431 e. The molecule has 0 saturated carbocycles. The molecule has 0 aliphatic rings. The maximum absolute atomic E-state index is 10.6. The molecule has 1 unspecified atom stereocenters. The highest BCUT2D eigenvalue weighted by molar-refractivity contribution is 5.60. The predicted octanol–water partition coefficient (Wildman–Crippen LogP) is 2.47. The fraction of sp³-hybridized carbons (Fsp3) is 0.625. The summed E-state index contributed by atoms with van der Waals surface area (Å²) < 4.78 is 9.16. The molecule has 3 heteroatoms. The summed E-state index contributed by atoms with van der Waals surface area (Å²) >= 11 is 0. The Labute approximate surface area is 67.0 Å². The molecule has 0 N–H and O–H groups in total. The molecule has 0 aromatic rings. The molecule has 0 aromatic carbocycles. The third kappa shape index (κ3) is 5.45. The second-order valence-electron chi connectivity index (χ2n) is 2.25. The molecule has 3 nitrogen and oxygen atoms in total. The van der Waals surface area contributed by atoms with E-state index < -0.39 is 6.16 Å². The maximum Gasteiger partial charge on any atom is 0.513 e. The molecule has 0 aromatic heterocycles. The van der Waals surface area contributed by atoms with Crippen molar-refractivity contribution in [2.45, 2.75) is 32.8 Å². The Morgan fingerprint density at radius 3 is 2.82 bits per heavy atom. The summed E-state index contributed by atoms with van der Waals surface area (Å²) in [4.78, 5) is 10.6. The topological polar surface area (TPSA) is 35.5 Å². The first-order valence-corrected chi connectivity index (χ1v) is 3.68. The molecule has 0 fully saturated rings. The van der Waals surface area contributed by atoms with Gasteiger partial charge in [0.15, 0.2) is 0 Å². The average molecular weight is 158 g/mol. The summed E-state index contributed by atoms with van der Waals surface area (Å²) in [5, 5.41) is 0. The zero-order chi connectivity index (χ0) is 8.69. The second kappa shape index (κ2) is 5.77. The third-order valence-electron chi connectivity index (χ3n) is 1.17. The number of hydrogen-bond donors (Lipinski definition) is 0. The lowest BCUT2D eigenvalue weighted by atomic mass is 10.2. The van der Waals surface area contributed by atoms with Crippen LogP contribution in [0.5, 0.6) is 0 Å². The minimum atomic E-state index is -0.680. The van der Waals surface area contributed by atoms with Crippen LogP contribution < -0.4 is 0 Å². The Morgan fingerprint density at radius 2 is 2.36 bits per heavy atom. The zero-order valence-electron chi connectivity index (χ0n) is 7.00. The van der Waals surface area contributed by atoms with E-state index >= 15 is 0 Å². The van der Waals surface area contributed by atoms with E-state index in [0.29, 0.717) is 0 Å². The Kier molecular flexibility index (Phi) is 5.25.